The molecule has 0 aliphatic heterocycles. The zero-order chi connectivity index (χ0) is 17.5. The van der Waals surface area contributed by atoms with Crippen LogP contribution < -0.4 is 5.32 Å². The maximum Gasteiger partial charge on any atom is 0.407 e. The van der Waals surface area contributed by atoms with Gasteiger partial charge in [-0.2, -0.15) is 0 Å². The van der Waals surface area contributed by atoms with Gasteiger partial charge >= 0.3 is 12.1 Å². The molecular formula is C17H26N2O4. The van der Waals surface area contributed by atoms with Gasteiger partial charge in [-0.05, 0) is 27.8 Å². The summed E-state index contributed by atoms with van der Waals surface area (Å²) in [6.07, 6.45) is -0.955. The van der Waals surface area contributed by atoms with Crippen molar-refractivity contribution in [3.05, 3.63) is 35.9 Å². The number of hydrogen-bond donors (Lipinski definition) is 1. The number of esters is 1. The van der Waals surface area contributed by atoms with Gasteiger partial charge in [0.1, 0.15) is 5.60 Å². The van der Waals surface area contributed by atoms with Crippen LogP contribution in [0.15, 0.2) is 30.3 Å². The molecule has 0 radical (unpaired) electrons. The first-order chi connectivity index (χ1) is 10.7. The molecule has 6 heteroatoms. The van der Waals surface area contributed by atoms with Crippen LogP contribution >= 0.6 is 0 Å². The summed E-state index contributed by atoms with van der Waals surface area (Å²) in [5, 5.41) is 2.69. The topological polar surface area (TPSA) is 67.9 Å². The fourth-order valence-electron chi connectivity index (χ4n) is 1.95. The largest absolute Gasteiger partial charge is 0.444 e. The standard InChI is InChI=1S/C17H26N2O4/c1-13(20)22-15(14-9-7-6-8-10-14)19(5)12-11-18-16(21)23-17(2,3)4/h6-10,15H,11-12H2,1-5H3,(H,18,21). The number of carbonyl (C=O) groups is 2. The van der Waals surface area contributed by atoms with E-state index in [4.69, 9.17) is 9.47 Å². The second kappa shape index (κ2) is 8.53. The zero-order valence-electron chi connectivity index (χ0n) is 14.5. The summed E-state index contributed by atoms with van der Waals surface area (Å²) in [4.78, 5) is 24.8. The van der Waals surface area contributed by atoms with E-state index in [-0.39, 0.29) is 5.97 Å². The molecule has 0 saturated carbocycles. The molecule has 0 aliphatic rings. The lowest BCUT2D eigenvalue weighted by atomic mass is 10.2. The molecule has 0 saturated heterocycles. The zero-order valence-corrected chi connectivity index (χ0v) is 14.5. The van der Waals surface area contributed by atoms with Gasteiger partial charge < -0.3 is 14.8 Å². The van der Waals surface area contributed by atoms with Gasteiger partial charge in [0.25, 0.3) is 0 Å². The lowest BCUT2D eigenvalue weighted by molar-refractivity contribution is -0.156. The molecule has 0 spiro atoms. The third-order valence-corrected chi connectivity index (χ3v) is 2.90. The second-order valence-corrected chi connectivity index (χ2v) is 6.28. The normalized spacial score (nSPS) is 12.6. The molecule has 1 rings (SSSR count). The molecule has 1 amide bonds. The van der Waals surface area contributed by atoms with Crippen LogP contribution in [-0.4, -0.2) is 42.7 Å². The van der Waals surface area contributed by atoms with E-state index in [9.17, 15) is 9.59 Å². The van der Waals surface area contributed by atoms with Crippen LogP contribution in [-0.2, 0) is 14.3 Å². The highest BCUT2D eigenvalue weighted by Gasteiger charge is 2.20. The van der Waals surface area contributed by atoms with Crippen molar-refractivity contribution in [3.63, 3.8) is 0 Å². The summed E-state index contributed by atoms with van der Waals surface area (Å²) >= 11 is 0. The summed E-state index contributed by atoms with van der Waals surface area (Å²) in [6, 6.07) is 9.46. The Labute approximate surface area is 137 Å². The first kappa shape index (κ1) is 19.0. The number of amides is 1. The number of ether oxygens (including phenoxy) is 2. The Hall–Kier alpha value is -2.08. The summed E-state index contributed by atoms with van der Waals surface area (Å²) in [5.74, 6) is -0.356. The number of likely N-dealkylation sites (N-methyl/N-ethyl adjacent to an activating group) is 1. The third kappa shape index (κ3) is 7.65. The van der Waals surface area contributed by atoms with Crippen LogP contribution in [0.5, 0.6) is 0 Å². The summed E-state index contributed by atoms with van der Waals surface area (Å²) in [6.45, 7) is 7.70. The molecule has 0 heterocycles. The van der Waals surface area contributed by atoms with Crippen LogP contribution in [0.3, 0.4) is 0 Å². The van der Waals surface area contributed by atoms with Gasteiger partial charge in [0, 0.05) is 25.6 Å². The van der Waals surface area contributed by atoms with Crippen LogP contribution in [0.4, 0.5) is 4.79 Å². The van der Waals surface area contributed by atoms with Crippen molar-refractivity contribution in [2.75, 3.05) is 20.1 Å². The maximum absolute atomic E-state index is 11.6. The van der Waals surface area contributed by atoms with Crippen molar-refractivity contribution in [1.82, 2.24) is 10.2 Å². The van der Waals surface area contributed by atoms with Gasteiger partial charge in [0.15, 0.2) is 6.23 Å². The van der Waals surface area contributed by atoms with E-state index >= 15 is 0 Å². The molecule has 0 bridgehead atoms. The van der Waals surface area contributed by atoms with E-state index < -0.39 is 17.9 Å². The minimum atomic E-state index is -0.527. The minimum Gasteiger partial charge on any atom is -0.444 e. The average molecular weight is 322 g/mol. The Balaban J connectivity index is 2.56. The predicted octanol–water partition coefficient (Wildman–Crippen LogP) is 2.70. The molecule has 1 atom stereocenters. The molecule has 6 nitrogen and oxygen atoms in total. The van der Waals surface area contributed by atoms with Gasteiger partial charge in [0.2, 0.25) is 0 Å². The van der Waals surface area contributed by atoms with Crippen molar-refractivity contribution in [3.8, 4) is 0 Å². The number of alkyl carbamates (subject to hydrolysis) is 1. The molecule has 23 heavy (non-hydrogen) atoms. The number of rotatable bonds is 6. The summed E-state index contributed by atoms with van der Waals surface area (Å²) < 4.78 is 10.6. The van der Waals surface area contributed by atoms with E-state index in [1.54, 1.807) is 0 Å². The molecule has 1 aromatic rings. The SMILES string of the molecule is CC(=O)OC(c1ccccc1)N(C)CCNC(=O)OC(C)(C)C. The lowest BCUT2D eigenvalue weighted by Crippen LogP contribution is -2.38. The van der Waals surface area contributed by atoms with Crippen LogP contribution in [0.2, 0.25) is 0 Å². The van der Waals surface area contributed by atoms with Gasteiger partial charge in [0.05, 0.1) is 0 Å². The lowest BCUT2D eigenvalue weighted by Gasteiger charge is -2.28. The van der Waals surface area contributed by atoms with Crippen LogP contribution in [0.1, 0.15) is 39.5 Å². The van der Waals surface area contributed by atoms with Gasteiger partial charge in [-0.15, -0.1) is 0 Å². The van der Waals surface area contributed by atoms with E-state index in [1.165, 1.54) is 6.92 Å². The Morgan fingerprint density at radius 1 is 1.22 bits per heavy atom. The van der Waals surface area contributed by atoms with Crippen molar-refractivity contribution in [2.24, 2.45) is 0 Å². The predicted molar refractivity (Wildman–Crippen MR) is 87.8 cm³/mol. The molecule has 1 N–H and O–H groups in total. The van der Waals surface area contributed by atoms with Crippen molar-refractivity contribution in [1.29, 1.82) is 0 Å². The third-order valence-electron chi connectivity index (χ3n) is 2.90. The highest BCUT2D eigenvalue weighted by atomic mass is 16.6. The Bertz CT molecular complexity index is 511. The van der Waals surface area contributed by atoms with Crippen LogP contribution in [0, 0.1) is 0 Å². The smallest absolute Gasteiger partial charge is 0.407 e. The van der Waals surface area contributed by atoms with Gasteiger partial charge in [-0.3, -0.25) is 9.69 Å². The van der Waals surface area contributed by atoms with E-state index in [1.807, 2.05) is 63.1 Å². The minimum absolute atomic E-state index is 0.356. The molecule has 1 aromatic carbocycles. The molecule has 0 fully saturated rings. The maximum atomic E-state index is 11.6. The van der Waals surface area contributed by atoms with E-state index in [2.05, 4.69) is 5.32 Å². The van der Waals surface area contributed by atoms with E-state index in [0.717, 1.165) is 5.56 Å². The van der Waals surface area contributed by atoms with E-state index in [0.29, 0.717) is 13.1 Å². The van der Waals surface area contributed by atoms with Crippen molar-refractivity contribution < 1.29 is 19.1 Å². The van der Waals surface area contributed by atoms with Crippen molar-refractivity contribution >= 4 is 12.1 Å². The van der Waals surface area contributed by atoms with Gasteiger partial charge in [-0.25, -0.2) is 4.79 Å². The molecule has 128 valence electrons. The monoisotopic (exact) mass is 322 g/mol. The number of nitrogens with one attached hydrogen (secondary N) is 1. The number of carbonyl (C=O) groups excluding carboxylic acids is 2. The number of benzene rings is 1. The molecule has 0 aromatic heterocycles. The quantitative estimate of drug-likeness (QED) is 0.644. The Kier molecular flexibility index (Phi) is 7.03. The fourth-order valence-corrected chi connectivity index (χ4v) is 1.95. The summed E-state index contributed by atoms with van der Waals surface area (Å²) in [7, 11) is 1.83. The molecule has 1 unspecified atom stereocenters. The summed E-state index contributed by atoms with van der Waals surface area (Å²) in [5.41, 5.74) is 0.350. The van der Waals surface area contributed by atoms with Crippen molar-refractivity contribution in [2.45, 2.75) is 39.5 Å². The Morgan fingerprint density at radius 2 is 1.83 bits per heavy atom. The highest BCUT2D eigenvalue weighted by molar-refractivity contribution is 5.67. The fraction of sp³-hybridized carbons (Fsp3) is 0.529. The second-order valence-electron chi connectivity index (χ2n) is 6.28. The first-order valence-corrected chi connectivity index (χ1v) is 7.58. The molecule has 0 aliphatic carbocycles. The number of hydrogen-bond acceptors (Lipinski definition) is 5. The number of nitrogens with zero attached hydrogens (tertiary/aromatic N) is 1. The molecular weight excluding hydrogens is 296 g/mol. The average Bonchev–Trinajstić information content (AvgIpc) is 2.43. The van der Waals surface area contributed by atoms with Crippen LogP contribution in [0.25, 0.3) is 0 Å². The first-order valence-electron chi connectivity index (χ1n) is 7.58. The Morgan fingerprint density at radius 3 is 2.35 bits per heavy atom. The van der Waals surface area contributed by atoms with Gasteiger partial charge in [-0.1, -0.05) is 30.3 Å². The highest BCUT2D eigenvalue weighted by Crippen LogP contribution is 2.20.